The third kappa shape index (κ3) is 6.13. The summed E-state index contributed by atoms with van der Waals surface area (Å²) in [6, 6.07) is 79.7. The second-order valence-corrected chi connectivity index (χ2v) is 21.5. The van der Waals surface area contributed by atoms with Crippen LogP contribution >= 0.6 is 0 Å². The van der Waals surface area contributed by atoms with Gasteiger partial charge in [0.15, 0.2) is 25.3 Å². The van der Waals surface area contributed by atoms with Gasteiger partial charge in [-0.15, -0.1) is 0 Å². The van der Waals surface area contributed by atoms with Gasteiger partial charge >= 0.3 is 0 Å². The number of rotatable bonds is 8. The fraction of sp³-hybridized carbons (Fsp3) is 0. The van der Waals surface area contributed by atoms with Crippen molar-refractivity contribution >= 4 is 94.5 Å². The van der Waals surface area contributed by atoms with E-state index >= 15 is 0 Å². The van der Waals surface area contributed by atoms with E-state index in [0.29, 0.717) is 23.2 Å². The van der Waals surface area contributed by atoms with Gasteiger partial charge in [-0.05, 0) is 74.3 Å². The molecule has 0 atom stereocenters. The minimum Gasteiger partial charge on any atom is -0.456 e. The second kappa shape index (κ2) is 15.9. The first-order valence-corrected chi connectivity index (χ1v) is 25.4. The Bertz CT molecular complexity index is 4200. The summed E-state index contributed by atoms with van der Waals surface area (Å²) in [4.78, 5) is 20.6. The lowest BCUT2D eigenvalue weighted by atomic mass is 9.98. The van der Waals surface area contributed by atoms with E-state index in [-0.39, 0.29) is 0 Å². The average molecular weight is 914 g/mol. The molecule has 0 fully saturated rings. The Balaban J connectivity index is 0.994. The van der Waals surface area contributed by atoms with Crippen molar-refractivity contribution < 1.29 is 8.83 Å². The van der Waals surface area contributed by atoms with Crippen molar-refractivity contribution in [2.24, 2.45) is 0 Å². The molecule has 14 rings (SSSR count). The second-order valence-electron chi connectivity index (χ2n) is 17.7. The molecule has 14 aromatic rings. The van der Waals surface area contributed by atoms with Gasteiger partial charge in [0.1, 0.15) is 16.7 Å². The first kappa shape index (κ1) is 39.9. The normalized spacial score (nSPS) is 12.0. The maximum Gasteiger partial charge on any atom is 0.238 e. The molecule has 0 saturated heterocycles. The van der Waals surface area contributed by atoms with Crippen LogP contribution in [0, 0.1) is 0 Å². The summed E-state index contributed by atoms with van der Waals surface area (Å²) in [6.07, 6.45) is 3.56. The molecular formula is C62H39N5O2Si. The quantitative estimate of drug-likeness (QED) is 0.112. The van der Waals surface area contributed by atoms with Crippen LogP contribution < -0.4 is 20.7 Å². The third-order valence-electron chi connectivity index (χ3n) is 13.9. The van der Waals surface area contributed by atoms with Gasteiger partial charge in [-0.2, -0.15) is 9.97 Å². The summed E-state index contributed by atoms with van der Waals surface area (Å²) in [5, 5.41) is 11.4. The van der Waals surface area contributed by atoms with Crippen LogP contribution in [0.15, 0.2) is 246 Å². The standard InChI is InChI=1S/C62H39N5O2Si/c1-4-16-42(17-5-1)70(43-18-6-2-7-19-43,44-20-8-3-9-21-44)45-33-30-40(31-34-45)60-64-61(50-25-15-29-56-59(50)49-36-37-63-39-57(49)69-56)66-62(65-60)67-52-26-12-10-22-47(52)51-38-41(32-35-53(51)67)46-24-14-28-55-58(46)48-23-11-13-27-54(48)68-55/h1-39H. The zero-order valence-electron chi connectivity index (χ0n) is 37.6. The maximum atomic E-state index is 6.35. The van der Waals surface area contributed by atoms with Crippen molar-refractivity contribution in [1.29, 1.82) is 0 Å². The highest BCUT2D eigenvalue weighted by Gasteiger charge is 2.41. The molecule has 0 spiro atoms. The lowest BCUT2D eigenvalue weighted by Crippen LogP contribution is -2.74. The summed E-state index contributed by atoms with van der Waals surface area (Å²) in [5.41, 5.74) is 9.08. The SMILES string of the molecule is c1ccc([Si](c2ccccc2)(c2ccccc2)c2ccc(-c3nc(-c4cccc5oc6cnccc6c45)nc(-n4c5ccccc5c5cc(-c6cccc7oc8ccccc8c67)ccc54)n3)cc2)cc1. The lowest BCUT2D eigenvalue weighted by molar-refractivity contribution is 0.667. The van der Waals surface area contributed by atoms with Crippen LogP contribution in [0.1, 0.15) is 0 Å². The van der Waals surface area contributed by atoms with Crippen LogP contribution in [0.5, 0.6) is 0 Å². The van der Waals surface area contributed by atoms with Crippen LogP contribution in [0.3, 0.4) is 0 Å². The van der Waals surface area contributed by atoms with Crippen molar-refractivity contribution in [3.8, 4) is 39.9 Å². The Morgan fingerprint density at radius 1 is 0.357 bits per heavy atom. The monoisotopic (exact) mass is 913 g/mol. The van der Waals surface area contributed by atoms with Crippen molar-refractivity contribution in [1.82, 2.24) is 24.5 Å². The molecule has 8 heteroatoms. The van der Waals surface area contributed by atoms with E-state index in [0.717, 1.165) is 82.4 Å². The van der Waals surface area contributed by atoms with Gasteiger partial charge in [-0.25, -0.2) is 4.98 Å². The molecule has 0 bridgehead atoms. The highest BCUT2D eigenvalue weighted by molar-refractivity contribution is 7.19. The molecule has 7 nitrogen and oxygen atoms in total. The topological polar surface area (TPSA) is 82.8 Å². The highest BCUT2D eigenvalue weighted by atomic mass is 28.3. The molecule has 0 aliphatic carbocycles. The molecule has 0 radical (unpaired) electrons. The van der Waals surface area contributed by atoms with Gasteiger partial charge in [0.25, 0.3) is 0 Å². The number of hydrogen-bond acceptors (Lipinski definition) is 6. The van der Waals surface area contributed by atoms with Crippen LogP contribution in [-0.2, 0) is 0 Å². The lowest BCUT2D eigenvalue weighted by Gasteiger charge is -2.34. The van der Waals surface area contributed by atoms with E-state index in [9.17, 15) is 0 Å². The van der Waals surface area contributed by atoms with Gasteiger partial charge in [-0.3, -0.25) is 9.55 Å². The Kier molecular flexibility index (Phi) is 9.08. The summed E-state index contributed by atoms with van der Waals surface area (Å²) in [5.74, 6) is 1.61. The molecule has 9 aromatic carbocycles. The number of para-hydroxylation sites is 2. The van der Waals surface area contributed by atoms with Gasteiger partial charge < -0.3 is 8.83 Å². The van der Waals surface area contributed by atoms with Gasteiger partial charge in [0, 0.05) is 49.6 Å². The van der Waals surface area contributed by atoms with Crippen molar-refractivity contribution in [2.45, 2.75) is 0 Å². The predicted octanol–water partition coefficient (Wildman–Crippen LogP) is 12.5. The zero-order valence-corrected chi connectivity index (χ0v) is 38.6. The van der Waals surface area contributed by atoms with Crippen molar-refractivity contribution in [3.63, 3.8) is 0 Å². The highest BCUT2D eigenvalue weighted by Crippen LogP contribution is 2.41. The average Bonchev–Trinajstić information content (AvgIpc) is 4.12. The fourth-order valence-electron chi connectivity index (χ4n) is 10.9. The summed E-state index contributed by atoms with van der Waals surface area (Å²) in [7, 11) is -2.78. The molecule has 5 heterocycles. The Morgan fingerprint density at radius 2 is 0.886 bits per heavy atom. The predicted molar refractivity (Wildman–Crippen MR) is 286 cm³/mol. The number of aromatic nitrogens is 5. The number of pyridine rings is 1. The smallest absolute Gasteiger partial charge is 0.238 e. The zero-order chi connectivity index (χ0) is 46.2. The fourth-order valence-corrected chi connectivity index (χ4v) is 15.6. The molecule has 0 amide bonds. The Labute approximate surface area is 402 Å². The number of benzene rings is 9. The van der Waals surface area contributed by atoms with Crippen LogP contribution in [0.2, 0.25) is 0 Å². The minimum atomic E-state index is -2.78. The molecular weight excluding hydrogens is 875 g/mol. The van der Waals surface area contributed by atoms with E-state index in [1.54, 1.807) is 12.4 Å². The molecule has 0 aliphatic rings. The van der Waals surface area contributed by atoms with E-state index < -0.39 is 8.07 Å². The van der Waals surface area contributed by atoms with E-state index in [1.165, 1.54) is 20.7 Å². The third-order valence-corrected chi connectivity index (χ3v) is 18.7. The summed E-state index contributed by atoms with van der Waals surface area (Å²) >= 11 is 0. The first-order valence-electron chi connectivity index (χ1n) is 23.4. The van der Waals surface area contributed by atoms with Gasteiger partial charge in [-0.1, -0.05) is 182 Å². The number of fused-ring (bicyclic) bond motifs is 9. The molecule has 0 N–H and O–H groups in total. The molecule has 0 saturated carbocycles. The van der Waals surface area contributed by atoms with Gasteiger partial charge in [0.2, 0.25) is 5.95 Å². The molecule has 70 heavy (non-hydrogen) atoms. The molecule has 5 aromatic heterocycles. The van der Waals surface area contributed by atoms with Crippen LogP contribution in [-0.4, -0.2) is 32.6 Å². The van der Waals surface area contributed by atoms with Crippen molar-refractivity contribution in [2.75, 3.05) is 0 Å². The summed E-state index contributed by atoms with van der Waals surface area (Å²) < 4.78 is 14.9. The Morgan fingerprint density at radius 3 is 1.60 bits per heavy atom. The number of hydrogen-bond donors (Lipinski definition) is 0. The molecule has 0 aliphatic heterocycles. The van der Waals surface area contributed by atoms with E-state index in [4.69, 9.17) is 23.8 Å². The number of nitrogens with zero attached hydrogens (tertiary/aromatic N) is 5. The van der Waals surface area contributed by atoms with E-state index in [1.807, 2.05) is 36.4 Å². The van der Waals surface area contributed by atoms with Crippen molar-refractivity contribution in [3.05, 3.63) is 237 Å². The van der Waals surface area contributed by atoms with Crippen LogP contribution in [0.4, 0.5) is 0 Å². The molecule has 328 valence electrons. The number of furan rings is 2. The molecule has 0 unspecified atom stereocenters. The first-order chi connectivity index (χ1) is 34.7. The van der Waals surface area contributed by atoms with Gasteiger partial charge in [0.05, 0.1) is 17.2 Å². The van der Waals surface area contributed by atoms with E-state index in [2.05, 4.69) is 198 Å². The summed E-state index contributed by atoms with van der Waals surface area (Å²) in [6.45, 7) is 0. The minimum absolute atomic E-state index is 0.513. The Hall–Kier alpha value is -9.24. The maximum absolute atomic E-state index is 6.35. The van der Waals surface area contributed by atoms with Crippen LogP contribution in [0.25, 0.3) is 106 Å². The largest absolute Gasteiger partial charge is 0.456 e.